The van der Waals surface area contributed by atoms with Crippen LogP contribution in [0.25, 0.3) is 0 Å². The molecule has 3 atom stereocenters. The van der Waals surface area contributed by atoms with Gasteiger partial charge in [-0.15, -0.1) is 0 Å². The van der Waals surface area contributed by atoms with Gasteiger partial charge in [0.15, 0.2) is 0 Å². The minimum Gasteiger partial charge on any atom is -0.395 e. The lowest BCUT2D eigenvalue weighted by Crippen LogP contribution is -2.50. The quantitative estimate of drug-likeness (QED) is 0.871. The zero-order valence-corrected chi connectivity index (χ0v) is 12.1. The minimum atomic E-state index is -0.205. The molecule has 1 heterocycles. The van der Waals surface area contributed by atoms with Crippen molar-refractivity contribution < 1.29 is 9.50 Å². The topological polar surface area (TPSA) is 49.5 Å². The number of halogens is 1. The van der Waals surface area contributed by atoms with Gasteiger partial charge < -0.3 is 10.8 Å². The highest BCUT2D eigenvalue weighted by Crippen LogP contribution is 2.32. The van der Waals surface area contributed by atoms with Gasteiger partial charge in [-0.3, -0.25) is 4.90 Å². The molecule has 0 aromatic heterocycles. The Morgan fingerprint density at radius 2 is 2.15 bits per heavy atom. The average Bonchev–Trinajstić information content (AvgIpc) is 2.49. The van der Waals surface area contributed by atoms with Crippen molar-refractivity contribution in [3.63, 3.8) is 0 Å². The molecule has 1 aliphatic rings. The van der Waals surface area contributed by atoms with E-state index in [1.54, 1.807) is 6.07 Å². The molecular formula is C16H25FN2O. The van der Waals surface area contributed by atoms with Crippen molar-refractivity contribution in [3.8, 4) is 0 Å². The predicted molar refractivity (Wildman–Crippen MR) is 78.8 cm³/mol. The lowest BCUT2D eigenvalue weighted by molar-refractivity contribution is 0.0402. The molecule has 2 rings (SSSR count). The Bertz CT molecular complexity index is 427. The first-order chi connectivity index (χ1) is 9.69. The largest absolute Gasteiger partial charge is 0.395 e. The van der Waals surface area contributed by atoms with E-state index in [1.165, 1.54) is 6.07 Å². The Balaban J connectivity index is 2.34. The van der Waals surface area contributed by atoms with E-state index in [1.807, 2.05) is 19.1 Å². The van der Waals surface area contributed by atoms with Crippen LogP contribution < -0.4 is 5.73 Å². The van der Waals surface area contributed by atoms with E-state index >= 15 is 0 Å². The van der Waals surface area contributed by atoms with Gasteiger partial charge in [0.1, 0.15) is 5.82 Å². The normalized spacial score (nSPS) is 23.5. The van der Waals surface area contributed by atoms with Crippen molar-refractivity contribution in [2.75, 3.05) is 13.2 Å². The van der Waals surface area contributed by atoms with Crippen LogP contribution in [0.2, 0.25) is 0 Å². The Morgan fingerprint density at radius 3 is 2.80 bits per heavy atom. The lowest BCUT2D eigenvalue weighted by atomic mass is 9.91. The van der Waals surface area contributed by atoms with Crippen LogP contribution in [0.4, 0.5) is 4.39 Å². The van der Waals surface area contributed by atoms with Crippen molar-refractivity contribution in [3.05, 3.63) is 35.6 Å². The highest BCUT2D eigenvalue weighted by atomic mass is 19.1. The van der Waals surface area contributed by atoms with Gasteiger partial charge in [-0.05, 0) is 31.9 Å². The number of likely N-dealkylation sites (tertiary alicyclic amines) is 1. The van der Waals surface area contributed by atoms with Crippen LogP contribution >= 0.6 is 0 Å². The summed E-state index contributed by atoms with van der Waals surface area (Å²) >= 11 is 0. The van der Waals surface area contributed by atoms with Crippen LogP contribution in [0.3, 0.4) is 0 Å². The van der Waals surface area contributed by atoms with Crippen molar-refractivity contribution in [1.29, 1.82) is 0 Å². The molecule has 3 unspecified atom stereocenters. The fraction of sp³-hybridized carbons (Fsp3) is 0.625. The molecule has 20 heavy (non-hydrogen) atoms. The second-order valence-electron chi connectivity index (χ2n) is 5.61. The summed E-state index contributed by atoms with van der Waals surface area (Å²) in [5, 5.41) is 9.60. The van der Waals surface area contributed by atoms with Crippen LogP contribution in [0.1, 0.15) is 44.2 Å². The Morgan fingerprint density at radius 1 is 1.40 bits per heavy atom. The van der Waals surface area contributed by atoms with Crippen molar-refractivity contribution in [2.45, 2.75) is 50.7 Å². The highest BCUT2D eigenvalue weighted by molar-refractivity contribution is 5.23. The molecule has 1 aliphatic heterocycles. The third-order valence-electron chi connectivity index (χ3n) is 4.34. The van der Waals surface area contributed by atoms with E-state index in [4.69, 9.17) is 5.73 Å². The predicted octanol–water partition coefficient (Wildman–Crippen LogP) is 2.45. The molecule has 3 N–H and O–H groups in total. The first-order valence-electron chi connectivity index (χ1n) is 7.55. The molecular weight excluding hydrogens is 255 g/mol. The van der Waals surface area contributed by atoms with E-state index < -0.39 is 0 Å². The maximum atomic E-state index is 14.2. The summed E-state index contributed by atoms with van der Waals surface area (Å²) in [5.41, 5.74) is 6.93. The SMILES string of the molecule is CCC(N)C(c1ccccc1F)N1CCCCC1CO. The molecule has 0 radical (unpaired) electrons. The number of nitrogens with zero attached hydrogens (tertiary/aromatic N) is 1. The molecule has 1 aromatic rings. The summed E-state index contributed by atoms with van der Waals surface area (Å²) in [6.45, 7) is 3.01. The molecule has 0 bridgehead atoms. The molecule has 1 aromatic carbocycles. The maximum Gasteiger partial charge on any atom is 0.128 e. The summed E-state index contributed by atoms with van der Waals surface area (Å²) < 4.78 is 14.2. The lowest BCUT2D eigenvalue weighted by Gasteiger charge is -2.43. The standard InChI is InChI=1S/C16H25FN2O/c1-2-15(18)16(13-8-3-4-9-14(13)17)19-10-6-5-7-12(19)11-20/h3-4,8-9,12,15-16,20H,2,5-7,10-11,18H2,1H3. The summed E-state index contributed by atoms with van der Waals surface area (Å²) in [4.78, 5) is 2.20. The zero-order chi connectivity index (χ0) is 14.5. The Hall–Kier alpha value is -0.970. The number of rotatable bonds is 5. The molecule has 0 amide bonds. The second-order valence-corrected chi connectivity index (χ2v) is 5.61. The highest BCUT2D eigenvalue weighted by Gasteiger charge is 2.33. The average molecular weight is 280 g/mol. The van der Waals surface area contributed by atoms with Gasteiger partial charge in [-0.2, -0.15) is 0 Å². The van der Waals surface area contributed by atoms with Crippen molar-refractivity contribution in [1.82, 2.24) is 4.90 Å². The smallest absolute Gasteiger partial charge is 0.128 e. The van der Waals surface area contributed by atoms with Gasteiger partial charge in [0.2, 0.25) is 0 Å². The molecule has 112 valence electrons. The van der Waals surface area contributed by atoms with E-state index in [-0.39, 0.29) is 30.5 Å². The maximum absolute atomic E-state index is 14.2. The van der Waals surface area contributed by atoms with E-state index in [9.17, 15) is 9.50 Å². The van der Waals surface area contributed by atoms with E-state index in [0.717, 1.165) is 32.2 Å². The molecule has 0 spiro atoms. The van der Waals surface area contributed by atoms with E-state index in [2.05, 4.69) is 4.90 Å². The summed E-state index contributed by atoms with van der Waals surface area (Å²) in [5.74, 6) is -0.205. The van der Waals surface area contributed by atoms with Crippen LogP contribution in [-0.2, 0) is 0 Å². The molecule has 1 fully saturated rings. The van der Waals surface area contributed by atoms with Crippen molar-refractivity contribution in [2.24, 2.45) is 5.73 Å². The number of aliphatic hydroxyl groups excluding tert-OH is 1. The number of benzene rings is 1. The van der Waals surface area contributed by atoms with Gasteiger partial charge >= 0.3 is 0 Å². The summed E-state index contributed by atoms with van der Waals surface area (Å²) in [7, 11) is 0. The molecule has 1 saturated heterocycles. The van der Waals surface area contributed by atoms with Gasteiger partial charge in [0.25, 0.3) is 0 Å². The zero-order valence-electron chi connectivity index (χ0n) is 12.1. The third kappa shape index (κ3) is 3.19. The van der Waals surface area contributed by atoms with Crippen LogP contribution in [0, 0.1) is 5.82 Å². The summed E-state index contributed by atoms with van der Waals surface area (Å²) in [6.07, 6.45) is 3.94. The number of hydrogen-bond acceptors (Lipinski definition) is 3. The molecule has 0 aliphatic carbocycles. The Kier molecular flexibility index (Phi) is 5.52. The molecule has 4 heteroatoms. The number of hydrogen-bond donors (Lipinski definition) is 2. The third-order valence-corrected chi connectivity index (χ3v) is 4.34. The minimum absolute atomic E-state index is 0.0888. The monoisotopic (exact) mass is 280 g/mol. The van der Waals surface area contributed by atoms with Crippen LogP contribution in [-0.4, -0.2) is 35.2 Å². The van der Waals surface area contributed by atoms with Gasteiger partial charge in [-0.25, -0.2) is 4.39 Å². The number of nitrogens with two attached hydrogens (primary N) is 1. The van der Waals surface area contributed by atoms with Gasteiger partial charge in [0, 0.05) is 17.6 Å². The Labute approximate surface area is 120 Å². The van der Waals surface area contributed by atoms with Gasteiger partial charge in [-0.1, -0.05) is 31.5 Å². The number of piperidine rings is 1. The second kappa shape index (κ2) is 7.16. The first kappa shape index (κ1) is 15.4. The van der Waals surface area contributed by atoms with Crippen molar-refractivity contribution >= 4 is 0 Å². The first-order valence-corrected chi connectivity index (χ1v) is 7.55. The van der Waals surface area contributed by atoms with Crippen LogP contribution in [0.5, 0.6) is 0 Å². The van der Waals surface area contributed by atoms with Gasteiger partial charge in [0.05, 0.1) is 12.6 Å². The fourth-order valence-electron chi connectivity index (χ4n) is 3.18. The summed E-state index contributed by atoms with van der Waals surface area (Å²) in [6, 6.07) is 6.67. The van der Waals surface area contributed by atoms with E-state index in [0.29, 0.717) is 5.56 Å². The van der Waals surface area contributed by atoms with Crippen LogP contribution in [0.15, 0.2) is 24.3 Å². The fourth-order valence-corrected chi connectivity index (χ4v) is 3.18. The number of aliphatic hydroxyl groups is 1. The molecule has 0 saturated carbocycles. The molecule has 3 nitrogen and oxygen atoms in total.